The molecular weight excluding hydrogens is 370 g/mol. The Morgan fingerprint density at radius 3 is 1.62 bits per heavy atom. The first-order valence-electron chi connectivity index (χ1n) is 10.1. The predicted molar refractivity (Wildman–Crippen MR) is 112 cm³/mol. The number of ether oxygens (including phenoxy) is 5. The standard InChI is InChI=1S/C23H31NO5/c1-3-7-23(8-4-1)9-5-2-6-10-24-11-13-25-15-17-27-19-21-29-22-20-28-18-16-26-14-12-24/h1,3-4,7-8H,10-22H2. The van der Waals surface area contributed by atoms with Crippen LogP contribution in [0.15, 0.2) is 30.3 Å². The maximum Gasteiger partial charge on any atom is 0.0701 e. The second kappa shape index (κ2) is 17.0. The molecule has 1 fully saturated rings. The van der Waals surface area contributed by atoms with Crippen molar-refractivity contribution in [3.63, 3.8) is 0 Å². The average Bonchev–Trinajstić information content (AvgIpc) is 2.75. The molecule has 0 radical (unpaired) electrons. The van der Waals surface area contributed by atoms with Gasteiger partial charge in [-0.1, -0.05) is 30.0 Å². The van der Waals surface area contributed by atoms with Crippen LogP contribution in [0.3, 0.4) is 0 Å². The Kier molecular flexibility index (Phi) is 13.7. The molecule has 6 heteroatoms. The van der Waals surface area contributed by atoms with E-state index in [1.807, 2.05) is 30.3 Å². The molecular formula is C23H31NO5. The number of benzene rings is 1. The van der Waals surface area contributed by atoms with Crippen LogP contribution in [-0.2, 0) is 23.7 Å². The summed E-state index contributed by atoms with van der Waals surface area (Å²) in [6, 6.07) is 9.85. The summed E-state index contributed by atoms with van der Waals surface area (Å²) in [5.41, 5.74) is 0.969. The van der Waals surface area contributed by atoms with Crippen molar-refractivity contribution in [2.45, 2.75) is 0 Å². The smallest absolute Gasteiger partial charge is 0.0701 e. The number of rotatable bonds is 1. The second-order valence-corrected chi connectivity index (χ2v) is 6.26. The van der Waals surface area contributed by atoms with Crippen LogP contribution in [-0.4, -0.2) is 90.6 Å². The van der Waals surface area contributed by atoms with Crippen LogP contribution >= 0.6 is 0 Å². The van der Waals surface area contributed by atoms with Gasteiger partial charge in [0, 0.05) is 18.7 Å². The SMILES string of the molecule is C(C#Cc1ccccc1)#CCN1CCOCCOCCOCCOCCOCC1. The van der Waals surface area contributed by atoms with Gasteiger partial charge in [0.25, 0.3) is 0 Å². The zero-order valence-electron chi connectivity index (χ0n) is 17.1. The van der Waals surface area contributed by atoms with Gasteiger partial charge in [-0.05, 0) is 24.0 Å². The third kappa shape index (κ3) is 13.0. The van der Waals surface area contributed by atoms with Crippen LogP contribution in [0.5, 0.6) is 0 Å². The monoisotopic (exact) mass is 401 g/mol. The first-order valence-corrected chi connectivity index (χ1v) is 10.1. The maximum absolute atomic E-state index is 5.65. The average molecular weight is 402 g/mol. The largest absolute Gasteiger partial charge is 0.378 e. The summed E-state index contributed by atoms with van der Waals surface area (Å²) in [6.07, 6.45) is 0. The van der Waals surface area contributed by atoms with Crippen LogP contribution in [0.25, 0.3) is 0 Å². The fourth-order valence-corrected chi connectivity index (χ4v) is 2.46. The lowest BCUT2D eigenvalue weighted by Gasteiger charge is -2.19. The topological polar surface area (TPSA) is 49.4 Å². The Labute approximate surface area is 174 Å². The minimum absolute atomic E-state index is 0.567. The van der Waals surface area contributed by atoms with E-state index < -0.39 is 0 Å². The van der Waals surface area contributed by atoms with E-state index in [0.29, 0.717) is 72.6 Å². The van der Waals surface area contributed by atoms with Crippen molar-refractivity contribution >= 4 is 0 Å². The molecule has 1 aromatic rings. The van der Waals surface area contributed by atoms with E-state index in [2.05, 4.69) is 28.6 Å². The Hall–Kier alpha value is -1.90. The first kappa shape index (κ1) is 23.4. The first-order chi connectivity index (χ1) is 14.4. The normalized spacial score (nSPS) is 18.9. The van der Waals surface area contributed by atoms with Crippen LogP contribution in [0.4, 0.5) is 0 Å². The van der Waals surface area contributed by atoms with Gasteiger partial charge in [0.1, 0.15) is 0 Å². The quantitative estimate of drug-likeness (QED) is 0.664. The number of hydrogen-bond acceptors (Lipinski definition) is 6. The van der Waals surface area contributed by atoms with E-state index >= 15 is 0 Å². The third-order valence-corrected chi connectivity index (χ3v) is 4.03. The van der Waals surface area contributed by atoms with Gasteiger partial charge >= 0.3 is 0 Å². The number of hydrogen-bond donors (Lipinski definition) is 0. The zero-order chi connectivity index (χ0) is 20.2. The van der Waals surface area contributed by atoms with Crippen LogP contribution in [0, 0.1) is 23.7 Å². The third-order valence-electron chi connectivity index (χ3n) is 4.03. The molecule has 0 aromatic heterocycles. The highest BCUT2D eigenvalue weighted by molar-refractivity contribution is 5.39. The maximum atomic E-state index is 5.65. The van der Waals surface area contributed by atoms with Crippen molar-refractivity contribution in [1.82, 2.24) is 4.90 Å². The molecule has 1 aliphatic heterocycles. The van der Waals surface area contributed by atoms with Crippen molar-refractivity contribution in [1.29, 1.82) is 0 Å². The molecule has 0 aliphatic carbocycles. The Bertz CT molecular complexity index is 626. The summed E-state index contributed by atoms with van der Waals surface area (Å²) in [5.74, 6) is 12.0. The summed E-state index contributed by atoms with van der Waals surface area (Å²) < 4.78 is 27.7. The summed E-state index contributed by atoms with van der Waals surface area (Å²) >= 11 is 0. The minimum Gasteiger partial charge on any atom is -0.378 e. The van der Waals surface area contributed by atoms with Gasteiger partial charge in [0.05, 0.1) is 72.6 Å². The van der Waals surface area contributed by atoms with Crippen LogP contribution in [0.2, 0.25) is 0 Å². The molecule has 158 valence electrons. The van der Waals surface area contributed by atoms with Gasteiger partial charge in [-0.3, -0.25) is 4.90 Å². The molecule has 2 rings (SSSR count). The Balaban J connectivity index is 1.74. The number of nitrogens with zero attached hydrogens (tertiary/aromatic N) is 1. The fraction of sp³-hybridized carbons (Fsp3) is 0.565. The lowest BCUT2D eigenvalue weighted by atomic mass is 10.2. The predicted octanol–water partition coefficient (Wildman–Crippen LogP) is 1.44. The van der Waals surface area contributed by atoms with Gasteiger partial charge in [0.2, 0.25) is 0 Å². The van der Waals surface area contributed by atoms with Gasteiger partial charge < -0.3 is 23.7 Å². The molecule has 29 heavy (non-hydrogen) atoms. The van der Waals surface area contributed by atoms with E-state index in [-0.39, 0.29) is 0 Å². The minimum atomic E-state index is 0.567. The second-order valence-electron chi connectivity index (χ2n) is 6.26. The molecule has 0 N–H and O–H groups in total. The molecule has 0 bridgehead atoms. The molecule has 0 amide bonds. The van der Waals surface area contributed by atoms with Gasteiger partial charge in [-0.15, -0.1) is 0 Å². The lowest BCUT2D eigenvalue weighted by Crippen LogP contribution is -2.32. The van der Waals surface area contributed by atoms with Crippen LogP contribution in [0.1, 0.15) is 5.56 Å². The lowest BCUT2D eigenvalue weighted by molar-refractivity contribution is -0.0178. The highest BCUT2D eigenvalue weighted by Gasteiger charge is 2.04. The van der Waals surface area contributed by atoms with Crippen molar-refractivity contribution in [2.75, 3.05) is 85.7 Å². The zero-order valence-corrected chi connectivity index (χ0v) is 17.1. The molecule has 1 aromatic carbocycles. The molecule has 6 nitrogen and oxygen atoms in total. The molecule has 0 spiro atoms. The molecule has 0 atom stereocenters. The van der Waals surface area contributed by atoms with E-state index in [1.54, 1.807) is 0 Å². The van der Waals surface area contributed by atoms with E-state index in [0.717, 1.165) is 18.7 Å². The van der Waals surface area contributed by atoms with Gasteiger partial charge in [0.15, 0.2) is 0 Å². The van der Waals surface area contributed by atoms with Crippen molar-refractivity contribution in [2.24, 2.45) is 0 Å². The highest BCUT2D eigenvalue weighted by atomic mass is 16.6. The molecule has 1 saturated heterocycles. The summed E-state index contributed by atoms with van der Waals surface area (Å²) in [4.78, 5) is 2.20. The van der Waals surface area contributed by atoms with Gasteiger partial charge in [-0.25, -0.2) is 0 Å². The van der Waals surface area contributed by atoms with Crippen molar-refractivity contribution in [3.8, 4) is 23.7 Å². The summed E-state index contributed by atoms with van der Waals surface area (Å²) in [5, 5.41) is 0. The summed E-state index contributed by atoms with van der Waals surface area (Å²) in [6.45, 7) is 7.99. The van der Waals surface area contributed by atoms with Crippen molar-refractivity contribution < 1.29 is 23.7 Å². The van der Waals surface area contributed by atoms with Crippen LogP contribution < -0.4 is 0 Å². The molecule has 0 unspecified atom stereocenters. The van der Waals surface area contributed by atoms with E-state index in [1.165, 1.54) is 0 Å². The fourth-order valence-electron chi connectivity index (χ4n) is 2.46. The van der Waals surface area contributed by atoms with Gasteiger partial charge in [-0.2, -0.15) is 0 Å². The summed E-state index contributed by atoms with van der Waals surface area (Å²) in [7, 11) is 0. The Morgan fingerprint density at radius 1 is 0.621 bits per heavy atom. The van der Waals surface area contributed by atoms with Crippen molar-refractivity contribution in [3.05, 3.63) is 35.9 Å². The molecule has 1 aliphatic rings. The molecule has 1 heterocycles. The Morgan fingerprint density at radius 2 is 1.10 bits per heavy atom. The highest BCUT2D eigenvalue weighted by Crippen LogP contribution is 1.94. The van der Waals surface area contributed by atoms with E-state index in [9.17, 15) is 0 Å². The van der Waals surface area contributed by atoms with E-state index in [4.69, 9.17) is 23.7 Å². The molecule has 0 saturated carbocycles.